The molecule has 8 nitrogen and oxygen atoms in total. The van der Waals surface area contributed by atoms with Gasteiger partial charge in [-0.2, -0.15) is 0 Å². The fraction of sp³-hybridized carbons (Fsp3) is 0.440. The van der Waals surface area contributed by atoms with E-state index in [1.165, 1.54) is 44.3 Å². The van der Waals surface area contributed by atoms with Gasteiger partial charge in [0.2, 0.25) is 5.71 Å². The van der Waals surface area contributed by atoms with Gasteiger partial charge in [-0.25, -0.2) is 0 Å². The van der Waals surface area contributed by atoms with E-state index in [1.54, 1.807) is 12.1 Å². The number of allylic oxidation sites excluding steroid dienone is 1. The zero-order valence-corrected chi connectivity index (χ0v) is 19.8. The van der Waals surface area contributed by atoms with E-state index < -0.39 is 5.91 Å². The van der Waals surface area contributed by atoms with E-state index in [-0.39, 0.29) is 11.5 Å². The Balaban J connectivity index is 0.000000222. The minimum atomic E-state index is -0.839. The van der Waals surface area contributed by atoms with E-state index >= 15 is 0 Å². The third kappa shape index (κ3) is 7.98. The molecule has 0 unspecified atom stereocenters. The minimum absolute atomic E-state index is 0.146. The minimum Gasteiger partial charge on any atom is -0.486 e. The van der Waals surface area contributed by atoms with Crippen molar-refractivity contribution in [3.8, 4) is 11.5 Å². The molecule has 1 amide bonds. The number of furan rings is 1. The average molecular weight is 458 g/mol. The summed E-state index contributed by atoms with van der Waals surface area (Å²) in [7, 11) is 0. The molecule has 0 aliphatic carbocycles. The fourth-order valence-electron chi connectivity index (χ4n) is 3.33. The van der Waals surface area contributed by atoms with Crippen molar-refractivity contribution < 1.29 is 23.9 Å². The molecule has 0 spiro atoms. The monoisotopic (exact) mass is 457 g/mol. The summed E-state index contributed by atoms with van der Waals surface area (Å²) < 4.78 is 16.1. The normalized spacial score (nSPS) is 15.1. The standard InChI is InChI=1S/C14H19NO2.C9H10N2O3.C2H6/c1(6-15-7-2-8-15)3-12-4-5-13-14(11-12)17-10-9-16-13;1-2-3-6-4-7(14-5-6)8(11-13)9(10)12;1-2/h4-5,11H,1-3,6-10H2;2-5,13H,1H3,(H2,10,12);1-2H3/b;3-2+,11-8+;. The molecular formula is C25H35N3O5. The van der Waals surface area contributed by atoms with E-state index in [1.807, 2.05) is 32.9 Å². The first-order valence-corrected chi connectivity index (χ1v) is 11.4. The maximum absolute atomic E-state index is 10.8. The highest BCUT2D eigenvalue weighted by Gasteiger charge is 2.15. The fourth-order valence-corrected chi connectivity index (χ4v) is 3.33. The Morgan fingerprint density at radius 1 is 1.18 bits per heavy atom. The van der Waals surface area contributed by atoms with Crippen molar-refractivity contribution in [3.63, 3.8) is 0 Å². The van der Waals surface area contributed by atoms with Crippen LogP contribution in [0, 0.1) is 0 Å². The number of benzene rings is 1. The van der Waals surface area contributed by atoms with Gasteiger partial charge in [-0.15, -0.1) is 0 Å². The van der Waals surface area contributed by atoms with Crippen LogP contribution in [-0.2, 0) is 11.2 Å². The van der Waals surface area contributed by atoms with Gasteiger partial charge < -0.3 is 29.7 Å². The smallest absolute Gasteiger partial charge is 0.274 e. The Bertz CT molecular complexity index is 932. The lowest BCUT2D eigenvalue weighted by atomic mass is 10.1. The van der Waals surface area contributed by atoms with E-state index in [2.05, 4.69) is 22.2 Å². The molecule has 0 radical (unpaired) electrons. The van der Waals surface area contributed by atoms with Crippen LogP contribution in [0.2, 0.25) is 0 Å². The molecule has 2 aliphatic heterocycles. The first-order chi connectivity index (χ1) is 16.1. The largest absolute Gasteiger partial charge is 0.486 e. The van der Waals surface area contributed by atoms with Crippen molar-refractivity contribution in [1.82, 2.24) is 4.90 Å². The average Bonchev–Trinajstić information content (AvgIpc) is 3.26. The van der Waals surface area contributed by atoms with Gasteiger partial charge in [0.1, 0.15) is 13.2 Å². The van der Waals surface area contributed by atoms with Gasteiger partial charge >= 0.3 is 0 Å². The van der Waals surface area contributed by atoms with Gasteiger partial charge in [0, 0.05) is 5.56 Å². The van der Waals surface area contributed by atoms with E-state index in [0.29, 0.717) is 13.2 Å². The molecule has 0 saturated carbocycles. The Kier molecular flexibility index (Phi) is 11.0. The van der Waals surface area contributed by atoms with Gasteiger partial charge in [0.25, 0.3) is 5.91 Å². The number of fused-ring (bicyclic) bond motifs is 1. The second-order valence-corrected chi connectivity index (χ2v) is 7.33. The molecule has 180 valence electrons. The van der Waals surface area contributed by atoms with E-state index in [9.17, 15) is 4.79 Å². The van der Waals surface area contributed by atoms with Gasteiger partial charge in [0.05, 0.1) is 6.26 Å². The summed E-state index contributed by atoms with van der Waals surface area (Å²) in [5, 5.41) is 11.3. The lowest BCUT2D eigenvalue weighted by molar-refractivity contribution is -0.112. The lowest BCUT2D eigenvalue weighted by Crippen LogP contribution is -2.37. The molecule has 1 saturated heterocycles. The quantitative estimate of drug-likeness (QED) is 0.368. The van der Waals surface area contributed by atoms with Crippen LogP contribution in [0.25, 0.3) is 6.08 Å². The molecule has 1 fully saturated rings. The van der Waals surface area contributed by atoms with Gasteiger partial charge in [-0.05, 0) is 69.6 Å². The number of carbonyl (C=O) groups excluding carboxylic acids is 1. The molecule has 3 heterocycles. The Hall–Kier alpha value is -3.26. The summed E-state index contributed by atoms with van der Waals surface area (Å²) in [6.45, 7) is 11.0. The summed E-state index contributed by atoms with van der Waals surface area (Å²) >= 11 is 0. The van der Waals surface area contributed by atoms with Crippen molar-refractivity contribution in [3.05, 3.63) is 53.5 Å². The van der Waals surface area contributed by atoms with Crippen molar-refractivity contribution >= 4 is 17.7 Å². The number of likely N-dealkylation sites (tertiary alicyclic amines) is 1. The van der Waals surface area contributed by atoms with Crippen molar-refractivity contribution in [2.24, 2.45) is 10.9 Å². The molecular weight excluding hydrogens is 422 g/mol. The van der Waals surface area contributed by atoms with Crippen LogP contribution in [0.5, 0.6) is 11.5 Å². The highest BCUT2D eigenvalue weighted by molar-refractivity contribution is 6.43. The SMILES string of the molecule is C/C=C/c1coc(/C(=N\O)C(N)=O)c1.CC.c1cc2c(cc1CCCN1CCC1)OCCO2. The number of carbonyl (C=O) groups is 1. The topological polar surface area (TPSA) is 111 Å². The Labute approximate surface area is 195 Å². The molecule has 1 aromatic carbocycles. The predicted molar refractivity (Wildman–Crippen MR) is 129 cm³/mol. The number of oxime groups is 1. The first kappa shape index (κ1) is 26.0. The molecule has 3 N–H and O–H groups in total. The van der Waals surface area contributed by atoms with Gasteiger partial charge in [0.15, 0.2) is 17.3 Å². The highest BCUT2D eigenvalue weighted by Crippen LogP contribution is 2.31. The summed E-state index contributed by atoms with van der Waals surface area (Å²) in [5.74, 6) is 1.11. The van der Waals surface area contributed by atoms with Crippen LogP contribution < -0.4 is 15.2 Å². The number of ether oxygens (including phenoxy) is 2. The first-order valence-electron chi connectivity index (χ1n) is 11.4. The zero-order valence-electron chi connectivity index (χ0n) is 19.8. The molecule has 1 aromatic heterocycles. The summed E-state index contributed by atoms with van der Waals surface area (Å²) in [6, 6.07) is 7.88. The number of hydrogen-bond acceptors (Lipinski definition) is 7. The zero-order chi connectivity index (χ0) is 24.1. The van der Waals surface area contributed by atoms with Crippen LogP contribution >= 0.6 is 0 Å². The Morgan fingerprint density at radius 2 is 1.91 bits per heavy atom. The third-order valence-electron chi connectivity index (χ3n) is 5.04. The van der Waals surface area contributed by atoms with Crippen molar-refractivity contribution in [1.29, 1.82) is 0 Å². The summed E-state index contributed by atoms with van der Waals surface area (Å²) in [6.07, 6.45) is 8.78. The van der Waals surface area contributed by atoms with Crippen LogP contribution in [0.15, 0.2) is 46.2 Å². The van der Waals surface area contributed by atoms with Gasteiger partial charge in [-0.1, -0.05) is 37.2 Å². The second kappa shape index (κ2) is 14.0. The summed E-state index contributed by atoms with van der Waals surface area (Å²) in [5.41, 5.74) is 6.79. The summed E-state index contributed by atoms with van der Waals surface area (Å²) in [4.78, 5) is 13.3. The number of rotatable bonds is 7. The maximum Gasteiger partial charge on any atom is 0.274 e. The van der Waals surface area contributed by atoms with E-state index in [0.717, 1.165) is 23.5 Å². The molecule has 8 heteroatoms. The number of primary amides is 1. The second-order valence-electron chi connectivity index (χ2n) is 7.33. The molecule has 0 atom stereocenters. The van der Waals surface area contributed by atoms with Crippen molar-refractivity contribution in [2.45, 2.75) is 40.0 Å². The molecule has 4 rings (SSSR count). The maximum atomic E-state index is 10.8. The molecule has 2 aliphatic rings. The third-order valence-corrected chi connectivity index (χ3v) is 5.04. The van der Waals surface area contributed by atoms with E-state index in [4.69, 9.17) is 24.8 Å². The lowest BCUT2D eigenvalue weighted by Gasteiger charge is -2.30. The predicted octanol–water partition coefficient (Wildman–Crippen LogP) is 4.10. The number of hydrogen-bond donors (Lipinski definition) is 2. The van der Waals surface area contributed by atoms with Crippen LogP contribution in [0.1, 0.15) is 50.5 Å². The van der Waals surface area contributed by atoms with Gasteiger partial charge in [-0.3, -0.25) is 4.79 Å². The van der Waals surface area contributed by atoms with Crippen LogP contribution in [-0.4, -0.2) is 54.6 Å². The number of amides is 1. The molecule has 33 heavy (non-hydrogen) atoms. The molecule has 2 aromatic rings. The Morgan fingerprint density at radius 3 is 2.52 bits per heavy atom. The molecule has 0 bridgehead atoms. The van der Waals surface area contributed by atoms with Crippen LogP contribution in [0.3, 0.4) is 0 Å². The highest BCUT2D eigenvalue weighted by atomic mass is 16.6. The van der Waals surface area contributed by atoms with Crippen molar-refractivity contribution in [2.75, 3.05) is 32.8 Å². The van der Waals surface area contributed by atoms with Crippen LogP contribution in [0.4, 0.5) is 0 Å². The number of aryl methyl sites for hydroxylation is 1. The number of nitrogens with two attached hydrogens (primary N) is 1. The number of nitrogens with zero attached hydrogens (tertiary/aromatic N) is 2.